The highest BCUT2D eigenvalue weighted by Gasteiger charge is 2.05. The molecule has 4 nitrogen and oxygen atoms in total. The Bertz CT molecular complexity index is 538. The molecule has 0 bridgehead atoms. The predicted octanol–water partition coefficient (Wildman–Crippen LogP) is 3.15. The summed E-state index contributed by atoms with van der Waals surface area (Å²) < 4.78 is 2.73. The standard InChI is InChI=1S/C11H12BrClN4/c1-7-3-9(12)11(4-10(7)13)14-5-8-6-15-16-17(8)2/h3-4,6,14H,5H2,1-2H3. The van der Waals surface area contributed by atoms with Crippen molar-refractivity contribution in [1.82, 2.24) is 15.0 Å². The molecular weight excluding hydrogens is 304 g/mol. The van der Waals surface area contributed by atoms with E-state index < -0.39 is 0 Å². The topological polar surface area (TPSA) is 42.7 Å². The third-order valence-electron chi connectivity index (χ3n) is 2.52. The predicted molar refractivity (Wildman–Crippen MR) is 72.2 cm³/mol. The quantitative estimate of drug-likeness (QED) is 0.946. The minimum Gasteiger partial charge on any atom is -0.378 e. The first-order valence-electron chi connectivity index (χ1n) is 5.11. The van der Waals surface area contributed by atoms with Crippen LogP contribution in [0.2, 0.25) is 5.02 Å². The zero-order chi connectivity index (χ0) is 12.4. The highest BCUT2D eigenvalue weighted by atomic mass is 79.9. The first-order chi connectivity index (χ1) is 8.08. The lowest BCUT2D eigenvalue weighted by molar-refractivity contribution is 0.683. The molecule has 0 radical (unpaired) electrons. The van der Waals surface area contributed by atoms with Crippen LogP contribution in [0.1, 0.15) is 11.3 Å². The third-order valence-corrected chi connectivity index (χ3v) is 3.58. The van der Waals surface area contributed by atoms with E-state index in [2.05, 4.69) is 31.6 Å². The summed E-state index contributed by atoms with van der Waals surface area (Å²) in [6.07, 6.45) is 1.73. The van der Waals surface area contributed by atoms with Gasteiger partial charge in [-0.05, 0) is 40.5 Å². The fourth-order valence-electron chi connectivity index (χ4n) is 1.44. The van der Waals surface area contributed by atoms with Crippen LogP contribution in [-0.2, 0) is 13.6 Å². The minimum atomic E-state index is 0.654. The fraction of sp³-hybridized carbons (Fsp3) is 0.273. The van der Waals surface area contributed by atoms with Crippen molar-refractivity contribution >= 4 is 33.2 Å². The molecule has 2 rings (SSSR count). The summed E-state index contributed by atoms with van der Waals surface area (Å²) in [5.41, 5.74) is 3.02. The van der Waals surface area contributed by atoms with E-state index in [0.717, 1.165) is 26.4 Å². The van der Waals surface area contributed by atoms with E-state index in [9.17, 15) is 0 Å². The number of rotatable bonds is 3. The van der Waals surface area contributed by atoms with Crippen LogP contribution in [0.4, 0.5) is 5.69 Å². The van der Waals surface area contributed by atoms with Gasteiger partial charge in [0.15, 0.2) is 0 Å². The molecule has 0 saturated carbocycles. The monoisotopic (exact) mass is 314 g/mol. The second kappa shape index (κ2) is 5.06. The van der Waals surface area contributed by atoms with Crippen LogP contribution in [0.3, 0.4) is 0 Å². The maximum Gasteiger partial charge on any atom is 0.0774 e. The second-order valence-corrected chi connectivity index (χ2v) is 5.05. The Balaban J connectivity index is 2.14. The molecule has 0 aliphatic heterocycles. The van der Waals surface area contributed by atoms with Crippen LogP contribution in [0.15, 0.2) is 22.8 Å². The van der Waals surface area contributed by atoms with Crippen molar-refractivity contribution in [2.75, 3.05) is 5.32 Å². The molecule has 6 heteroatoms. The molecule has 1 aromatic heterocycles. The molecule has 1 heterocycles. The van der Waals surface area contributed by atoms with Gasteiger partial charge in [0.1, 0.15) is 0 Å². The maximum absolute atomic E-state index is 6.09. The molecule has 0 amide bonds. The molecule has 0 aliphatic rings. The van der Waals surface area contributed by atoms with E-state index in [1.165, 1.54) is 0 Å². The molecule has 2 aromatic rings. The molecular formula is C11H12BrClN4. The van der Waals surface area contributed by atoms with Gasteiger partial charge >= 0.3 is 0 Å². The smallest absolute Gasteiger partial charge is 0.0774 e. The number of anilines is 1. The van der Waals surface area contributed by atoms with E-state index in [-0.39, 0.29) is 0 Å². The normalized spacial score (nSPS) is 10.6. The number of aromatic nitrogens is 3. The Morgan fingerprint density at radius 1 is 1.47 bits per heavy atom. The van der Waals surface area contributed by atoms with Gasteiger partial charge in [-0.25, -0.2) is 0 Å². The lowest BCUT2D eigenvalue weighted by Crippen LogP contribution is -2.05. The average molecular weight is 316 g/mol. The van der Waals surface area contributed by atoms with Gasteiger partial charge in [-0.15, -0.1) is 5.10 Å². The highest BCUT2D eigenvalue weighted by molar-refractivity contribution is 9.10. The van der Waals surface area contributed by atoms with Crippen LogP contribution >= 0.6 is 27.5 Å². The molecule has 0 atom stereocenters. The number of nitrogens with one attached hydrogen (secondary N) is 1. The first-order valence-corrected chi connectivity index (χ1v) is 6.28. The molecule has 1 aromatic carbocycles. The first kappa shape index (κ1) is 12.4. The van der Waals surface area contributed by atoms with Gasteiger partial charge in [0.2, 0.25) is 0 Å². The Hall–Kier alpha value is -1.07. The molecule has 1 N–H and O–H groups in total. The molecule has 0 aliphatic carbocycles. The molecule has 17 heavy (non-hydrogen) atoms. The molecule has 0 unspecified atom stereocenters. The SMILES string of the molecule is Cc1cc(Br)c(NCc2cnnn2C)cc1Cl. The van der Waals surface area contributed by atoms with Crippen molar-refractivity contribution < 1.29 is 0 Å². The van der Waals surface area contributed by atoms with Crippen molar-refractivity contribution in [3.63, 3.8) is 0 Å². The lowest BCUT2D eigenvalue weighted by Gasteiger charge is -2.10. The molecule has 0 spiro atoms. The summed E-state index contributed by atoms with van der Waals surface area (Å²) >= 11 is 9.59. The van der Waals surface area contributed by atoms with Gasteiger partial charge in [-0.2, -0.15) is 0 Å². The Morgan fingerprint density at radius 2 is 2.24 bits per heavy atom. The van der Waals surface area contributed by atoms with Crippen LogP contribution in [-0.4, -0.2) is 15.0 Å². The van der Waals surface area contributed by atoms with Gasteiger partial charge in [0, 0.05) is 16.5 Å². The van der Waals surface area contributed by atoms with Gasteiger partial charge in [0.05, 0.1) is 24.1 Å². The maximum atomic E-state index is 6.09. The number of hydrogen-bond donors (Lipinski definition) is 1. The largest absolute Gasteiger partial charge is 0.378 e. The van der Waals surface area contributed by atoms with Crippen molar-refractivity contribution in [2.24, 2.45) is 7.05 Å². The highest BCUT2D eigenvalue weighted by Crippen LogP contribution is 2.29. The van der Waals surface area contributed by atoms with Crippen molar-refractivity contribution in [3.8, 4) is 0 Å². The van der Waals surface area contributed by atoms with Gasteiger partial charge in [-0.3, -0.25) is 4.68 Å². The third kappa shape index (κ3) is 2.79. The summed E-state index contributed by atoms with van der Waals surface area (Å²) in [5, 5.41) is 11.7. The number of hydrogen-bond acceptors (Lipinski definition) is 3. The van der Waals surface area contributed by atoms with Gasteiger partial charge < -0.3 is 5.32 Å². The zero-order valence-corrected chi connectivity index (χ0v) is 11.9. The fourth-order valence-corrected chi connectivity index (χ4v) is 2.20. The zero-order valence-electron chi connectivity index (χ0n) is 9.54. The van der Waals surface area contributed by atoms with Crippen LogP contribution < -0.4 is 5.32 Å². The number of benzene rings is 1. The van der Waals surface area contributed by atoms with Crippen LogP contribution in [0.5, 0.6) is 0 Å². The van der Waals surface area contributed by atoms with E-state index >= 15 is 0 Å². The molecule has 90 valence electrons. The second-order valence-electron chi connectivity index (χ2n) is 3.78. The summed E-state index contributed by atoms with van der Waals surface area (Å²) in [5.74, 6) is 0. The Labute approximate surface area is 113 Å². The van der Waals surface area contributed by atoms with Crippen molar-refractivity contribution in [3.05, 3.63) is 39.1 Å². The molecule has 0 fully saturated rings. The van der Waals surface area contributed by atoms with E-state index in [4.69, 9.17) is 11.6 Å². The van der Waals surface area contributed by atoms with Crippen molar-refractivity contribution in [2.45, 2.75) is 13.5 Å². The minimum absolute atomic E-state index is 0.654. The summed E-state index contributed by atoms with van der Waals surface area (Å²) in [6, 6.07) is 3.90. The van der Waals surface area contributed by atoms with E-state index in [1.807, 2.05) is 26.1 Å². The number of aryl methyl sites for hydroxylation is 2. The lowest BCUT2D eigenvalue weighted by atomic mass is 10.2. The summed E-state index contributed by atoms with van der Waals surface area (Å²) in [4.78, 5) is 0. The van der Waals surface area contributed by atoms with Crippen molar-refractivity contribution in [1.29, 1.82) is 0 Å². The van der Waals surface area contributed by atoms with Crippen LogP contribution in [0.25, 0.3) is 0 Å². The van der Waals surface area contributed by atoms with E-state index in [0.29, 0.717) is 6.54 Å². The van der Waals surface area contributed by atoms with Gasteiger partial charge in [0.25, 0.3) is 0 Å². The average Bonchev–Trinajstić information content (AvgIpc) is 2.68. The number of nitrogens with zero attached hydrogens (tertiary/aromatic N) is 3. The van der Waals surface area contributed by atoms with Crippen LogP contribution in [0, 0.1) is 6.92 Å². The summed E-state index contributed by atoms with van der Waals surface area (Å²) in [7, 11) is 1.86. The number of halogens is 2. The van der Waals surface area contributed by atoms with E-state index in [1.54, 1.807) is 10.9 Å². The Morgan fingerprint density at radius 3 is 2.88 bits per heavy atom. The summed E-state index contributed by atoms with van der Waals surface area (Å²) in [6.45, 7) is 2.63. The Kier molecular flexibility index (Phi) is 3.69. The molecule has 0 saturated heterocycles. The van der Waals surface area contributed by atoms with Gasteiger partial charge in [-0.1, -0.05) is 16.8 Å².